The lowest BCUT2D eigenvalue weighted by Gasteiger charge is -2.22. The summed E-state index contributed by atoms with van der Waals surface area (Å²) in [5.41, 5.74) is 0.762. The minimum atomic E-state index is -0.848. The molecule has 0 saturated carbocycles. The van der Waals surface area contributed by atoms with E-state index in [1.165, 1.54) is 18.7 Å². The molecule has 1 atom stereocenters. The molecule has 1 aromatic heterocycles. The fraction of sp³-hybridized carbons (Fsp3) is 0.562. The van der Waals surface area contributed by atoms with Crippen LogP contribution in [0.25, 0.3) is 0 Å². The predicted octanol–water partition coefficient (Wildman–Crippen LogP) is 0.468. The molecule has 0 bridgehead atoms. The Hall–Kier alpha value is -2.56. The highest BCUT2D eigenvalue weighted by molar-refractivity contribution is 7.98. The highest BCUT2D eigenvalue weighted by Crippen LogP contribution is 2.08. The zero-order valence-electron chi connectivity index (χ0n) is 16.0. The van der Waals surface area contributed by atoms with Gasteiger partial charge in [-0.3, -0.25) is 14.6 Å². The normalized spacial score (nSPS) is 12.6. The van der Waals surface area contributed by atoms with E-state index in [4.69, 9.17) is 4.74 Å². The van der Waals surface area contributed by atoms with Gasteiger partial charge in [-0.2, -0.15) is 16.9 Å². The van der Waals surface area contributed by atoms with Crippen molar-refractivity contribution in [1.29, 1.82) is 0 Å². The molecular formula is C16H25N5O5S. The van der Waals surface area contributed by atoms with Crippen molar-refractivity contribution in [1.82, 2.24) is 20.7 Å². The number of carbonyl (C=O) groups excluding carboxylic acids is 2. The topological polar surface area (TPSA) is 146 Å². The third-order valence-electron chi connectivity index (χ3n) is 3.16. The molecule has 0 aliphatic rings. The molecule has 4 N–H and O–H groups in total. The molecule has 11 heteroatoms. The Morgan fingerprint density at radius 3 is 2.52 bits per heavy atom. The van der Waals surface area contributed by atoms with Crippen molar-refractivity contribution < 1.29 is 14.3 Å². The third kappa shape index (κ3) is 8.11. The van der Waals surface area contributed by atoms with Crippen LogP contribution in [-0.2, 0) is 9.53 Å². The van der Waals surface area contributed by atoms with E-state index in [9.17, 15) is 19.2 Å². The van der Waals surface area contributed by atoms with Gasteiger partial charge in [-0.15, -0.1) is 0 Å². The fourth-order valence-corrected chi connectivity index (χ4v) is 2.43. The van der Waals surface area contributed by atoms with Crippen LogP contribution in [0, 0.1) is 6.92 Å². The summed E-state index contributed by atoms with van der Waals surface area (Å²) in [5, 5.41) is 6.25. The van der Waals surface area contributed by atoms with Gasteiger partial charge in [0.05, 0.1) is 11.8 Å². The molecular weight excluding hydrogens is 374 g/mol. The van der Waals surface area contributed by atoms with Gasteiger partial charge in [-0.1, -0.05) is 0 Å². The first-order valence-electron chi connectivity index (χ1n) is 8.18. The van der Waals surface area contributed by atoms with E-state index in [2.05, 4.69) is 25.8 Å². The summed E-state index contributed by atoms with van der Waals surface area (Å²) in [6.07, 6.45) is 2.67. The highest BCUT2D eigenvalue weighted by atomic mass is 32.2. The Labute approximate surface area is 160 Å². The van der Waals surface area contributed by atoms with Gasteiger partial charge >= 0.3 is 11.8 Å². The maximum absolute atomic E-state index is 12.3. The minimum absolute atomic E-state index is 0.107. The number of hydrogen-bond acceptors (Lipinski definition) is 7. The molecule has 0 saturated heterocycles. The van der Waals surface area contributed by atoms with Gasteiger partial charge in [0.25, 0.3) is 11.5 Å². The van der Waals surface area contributed by atoms with E-state index in [-0.39, 0.29) is 5.56 Å². The maximum Gasteiger partial charge on any atom is 0.408 e. The molecule has 27 heavy (non-hydrogen) atoms. The predicted molar refractivity (Wildman–Crippen MR) is 104 cm³/mol. The highest BCUT2D eigenvalue weighted by Gasteiger charge is 2.23. The second kappa shape index (κ2) is 9.95. The number of aromatic nitrogens is 2. The van der Waals surface area contributed by atoms with Crippen molar-refractivity contribution in [3.05, 3.63) is 32.1 Å². The smallest absolute Gasteiger partial charge is 0.408 e. The largest absolute Gasteiger partial charge is 0.444 e. The van der Waals surface area contributed by atoms with Crippen LogP contribution in [0.5, 0.6) is 0 Å². The van der Waals surface area contributed by atoms with Crippen LogP contribution in [0.15, 0.2) is 14.7 Å². The SMILES string of the molecule is CSCC[C@H](NC(=O)OC(C)(C)C)C(=O)N/N=C/c1c(C)[nH]c(=O)[nH]c1=O. The van der Waals surface area contributed by atoms with Crippen LogP contribution in [0.1, 0.15) is 38.4 Å². The summed E-state index contributed by atoms with van der Waals surface area (Å²) in [4.78, 5) is 51.6. The molecule has 0 spiro atoms. The lowest BCUT2D eigenvalue weighted by atomic mass is 10.2. The van der Waals surface area contributed by atoms with E-state index in [1.807, 2.05) is 6.26 Å². The monoisotopic (exact) mass is 399 g/mol. The Morgan fingerprint density at radius 1 is 1.30 bits per heavy atom. The molecule has 10 nitrogen and oxygen atoms in total. The van der Waals surface area contributed by atoms with E-state index in [1.54, 1.807) is 20.8 Å². The van der Waals surface area contributed by atoms with Gasteiger partial charge in [0.1, 0.15) is 11.6 Å². The number of thioether (sulfide) groups is 1. The van der Waals surface area contributed by atoms with Crippen LogP contribution in [0.3, 0.4) is 0 Å². The van der Waals surface area contributed by atoms with E-state index in [0.29, 0.717) is 17.9 Å². The van der Waals surface area contributed by atoms with Crippen molar-refractivity contribution in [3.63, 3.8) is 0 Å². The molecule has 1 aromatic rings. The number of carbonyl (C=O) groups is 2. The molecule has 0 aliphatic carbocycles. The van der Waals surface area contributed by atoms with Gasteiger partial charge < -0.3 is 15.0 Å². The second-order valence-corrected chi connectivity index (χ2v) is 7.65. The Bertz CT molecular complexity index is 809. The molecule has 0 aliphatic heterocycles. The van der Waals surface area contributed by atoms with E-state index >= 15 is 0 Å². The van der Waals surface area contributed by atoms with Gasteiger partial charge in [0.2, 0.25) is 0 Å². The van der Waals surface area contributed by atoms with Crippen molar-refractivity contribution in [3.8, 4) is 0 Å². The third-order valence-corrected chi connectivity index (χ3v) is 3.81. The molecule has 1 rings (SSSR count). The Kier molecular flexibility index (Phi) is 8.29. The number of alkyl carbamates (subject to hydrolysis) is 1. The first kappa shape index (κ1) is 22.5. The van der Waals surface area contributed by atoms with Crippen LogP contribution in [0.4, 0.5) is 4.79 Å². The second-order valence-electron chi connectivity index (χ2n) is 6.66. The van der Waals surface area contributed by atoms with E-state index < -0.39 is 34.9 Å². The Balaban J connectivity index is 2.80. The number of nitrogens with zero attached hydrogens (tertiary/aromatic N) is 1. The maximum atomic E-state index is 12.3. The lowest BCUT2D eigenvalue weighted by molar-refractivity contribution is -0.123. The van der Waals surface area contributed by atoms with Gasteiger partial charge in [-0.25, -0.2) is 15.0 Å². The first-order valence-corrected chi connectivity index (χ1v) is 9.57. The molecule has 150 valence electrons. The average molecular weight is 399 g/mol. The summed E-state index contributed by atoms with van der Waals surface area (Å²) >= 11 is 1.52. The van der Waals surface area contributed by atoms with Crippen molar-refractivity contribution >= 4 is 30.0 Å². The van der Waals surface area contributed by atoms with Crippen LogP contribution in [0.2, 0.25) is 0 Å². The van der Waals surface area contributed by atoms with Crippen LogP contribution < -0.4 is 22.0 Å². The van der Waals surface area contributed by atoms with Crippen molar-refractivity contribution in [2.45, 2.75) is 45.8 Å². The number of H-pyrrole nitrogens is 2. The van der Waals surface area contributed by atoms with E-state index in [0.717, 1.165) is 6.21 Å². The molecule has 0 fully saturated rings. The van der Waals surface area contributed by atoms with Gasteiger partial charge in [-0.05, 0) is 46.1 Å². The molecule has 0 radical (unpaired) electrons. The van der Waals surface area contributed by atoms with Gasteiger partial charge in [0.15, 0.2) is 0 Å². The number of aromatic amines is 2. The summed E-state index contributed by atoms with van der Waals surface area (Å²) in [7, 11) is 0. The quantitative estimate of drug-likeness (QED) is 0.387. The van der Waals surface area contributed by atoms with Gasteiger partial charge in [0, 0.05) is 5.69 Å². The number of rotatable bonds is 7. The number of hydrogen-bond donors (Lipinski definition) is 4. The standard InChI is InChI=1S/C16H25N5O5S/c1-9-10(12(22)20-14(24)18-9)8-17-21-13(23)11(6-7-27-5)19-15(25)26-16(2,3)4/h8,11H,6-7H2,1-5H3,(H,19,25)(H,21,23)(H2,18,20,22,24)/b17-8+/t11-/m0/s1. The summed E-state index contributed by atoms with van der Waals surface area (Å²) < 4.78 is 5.16. The average Bonchev–Trinajstić information content (AvgIpc) is 2.51. The summed E-state index contributed by atoms with van der Waals surface area (Å²) in [6.45, 7) is 6.69. The fourth-order valence-electron chi connectivity index (χ4n) is 1.96. The number of amides is 2. The molecule has 1 heterocycles. The number of hydrazone groups is 1. The van der Waals surface area contributed by atoms with Crippen molar-refractivity contribution in [2.75, 3.05) is 12.0 Å². The minimum Gasteiger partial charge on any atom is -0.444 e. The van der Waals surface area contributed by atoms with Crippen LogP contribution in [-0.4, -0.2) is 51.8 Å². The number of nitrogens with one attached hydrogen (secondary N) is 4. The number of ether oxygens (including phenoxy) is 1. The molecule has 2 amide bonds. The Morgan fingerprint density at radius 2 is 1.96 bits per heavy atom. The number of aryl methyl sites for hydroxylation is 1. The zero-order chi connectivity index (χ0) is 20.6. The zero-order valence-corrected chi connectivity index (χ0v) is 16.8. The van der Waals surface area contributed by atoms with Crippen LogP contribution >= 0.6 is 11.8 Å². The van der Waals surface area contributed by atoms with Crippen molar-refractivity contribution in [2.24, 2.45) is 5.10 Å². The first-order chi connectivity index (χ1) is 12.5. The lowest BCUT2D eigenvalue weighted by Crippen LogP contribution is -2.47. The molecule has 0 unspecified atom stereocenters. The summed E-state index contributed by atoms with van der Waals surface area (Å²) in [5.74, 6) is 0.0840. The molecule has 0 aromatic carbocycles. The summed E-state index contributed by atoms with van der Waals surface area (Å²) in [6, 6.07) is -0.848.